The monoisotopic (exact) mass is 318 g/mol. The molecule has 0 spiro atoms. The summed E-state index contributed by atoms with van der Waals surface area (Å²) in [5.41, 5.74) is 1.33. The van der Waals surface area contributed by atoms with Crippen LogP contribution in [-0.2, 0) is 6.54 Å². The molecule has 0 amide bonds. The van der Waals surface area contributed by atoms with Crippen LogP contribution in [0.3, 0.4) is 0 Å². The number of rotatable bonds is 6. The van der Waals surface area contributed by atoms with Crippen LogP contribution in [-0.4, -0.2) is 60.3 Å². The molecular formula is C19H30N2O2. The van der Waals surface area contributed by atoms with Crippen LogP contribution in [0.2, 0.25) is 0 Å². The van der Waals surface area contributed by atoms with Crippen LogP contribution < -0.4 is 4.74 Å². The molecule has 1 aromatic carbocycles. The van der Waals surface area contributed by atoms with Crippen molar-refractivity contribution in [2.45, 2.75) is 50.8 Å². The molecule has 0 unspecified atom stereocenters. The van der Waals surface area contributed by atoms with Gasteiger partial charge < -0.3 is 14.7 Å². The van der Waals surface area contributed by atoms with Crippen LogP contribution in [0.4, 0.5) is 0 Å². The molecule has 1 saturated carbocycles. The van der Waals surface area contributed by atoms with Crippen molar-refractivity contribution >= 4 is 0 Å². The largest absolute Gasteiger partial charge is 0.490 e. The van der Waals surface area contributed by atoms with E-state index in [2.05, 4.69) is 41.1 Å². The number of benzene rings is 1. The van der Waals surface area contributed by atoms with Crippen LogP contribution in [0.15, 0.2) is 24.3 Å². The average molecular weight is 318 g/mol. The molecule has 1 atom stereocenters. The highest BCUT2D eigenvalue weighted by atomic mass is 16.5. The van der Waals surface area contributed by atoms with E-state index in [0.29, 0.717) is 12.1 Å². The zero-order valence-corrected chi connectivity index (χ0v) is 14.3. The Hall–Kier alpha value is -1.10. The summed E-state index contributed by atoms with van der Waals surface area (Å²) in [4.78, 5) is 4.86. The van der Waals surface area contributed by atoms with Gasteiger partial charge in [0, 0.05) is 38.8 Å². The molecule has 1 aromatic rings. The van der Waals surface area contributed by atoms with Gasteiger partial charge in [0.15, 0.2) is 0 Å². The van der Waals surface area contributed by atoms with Crippen molar-refractivity contribution < 1.29 is 9.84 Å². The lowest BCUT2D eigenvalue weighted by molar-refractivity contribution is 0.0742. The van der Waals surface area contributed by atoms with Crippen molar-refractivity contribution in [3.8, 4) is 5.75 Å². The molecule has 128 valence electrons. The highest BCUT2D eigenvalue weighted by molar-refractivity contribution is 5.28. The number of aliphatic hydroxyl groups is 1. The van der Waals surface area contributed by atoms with E-state index >= 15 is 0 Å². The predicted octanol–water partition coefficient (Wildman–Crippen LogP) is 2.51. The van der Waals surface area contributed by atoms with Gasteiger partial charge in [-0.1, -0.05) is 12.1 Å². The first kappa shape index (κ1) is 16.7. The Morgan fingerprint density at radius 1 is 1.22 bits per heavy atom. The summed E-state index contributed by atoms with van der Waals surface area (Å²) >= 11 is 0. The highest BCUT2D eigenvalue weighted by Crippen LogP contribution is 2.25. The van der Waals surface area contributed by atoms with Crippen LogP contribution >= 0.6 is 0 Å². The molecule has 2 fully saturated rings. The normalized spacial score (nSPS) is 24.2. The van der Waals surface area contributed by atoms with Gasteiger partial charge in [0.05, 0.1) is 6.10 Å². The second-order valence-corrected chi connectivity index (χ2v) is 7.05. The Morgan fingerprint density at radius 3 is 2.83 bits per heavy atom. The molecule has 4 heteroatoms. The summed E-state index contributed by atoms with van der Waals surface area (Å²) in [5, 5.41) is 9.22. The van der Waals surface area contributed by atoms with Crippen molar-refractivity contribution in [3.05, 3.63) is 29.8 Å². The minimum absolute atomic E-state index is 0.271. The summed E-state index contributed by atoms with van der Waals surface area (Å²) in [5.74, 6) is 1.02. The van der Waals surface area contributed by atoms with Crippen LogP contribution in [0.5, 0.6) is 5.75 Å². The summed E-state index contributed by atoms with van der Waals surface area (Å²) in [6.07, 6.45) is 6.29. The maximum absolute atomic E-state index is 9.22. The van der Waals surface area contributed by atoms with Gasteiger partial charge in [-0.25, -0.2) is 0 Å². The molecule has 1 aliphatic heterocycles. The van der Waals surface area contributed by atoms with Crippen molar-refractivity contribution in [1.29, 1.82) is 0 Å². The second kappa shape index (κ2) is 8.13. The maximum atomic E-state index is 9.22. The zero-order valence-electron chi connectivity index (χ0n) is 14.3. The third-order valence-electron chi connectivity index (χ3n) is 5.23. The molecule has 0 bridgehead atoms. The SMILES string of the molecule is CN1CCN(Cc2cccc(OC3CCCC3)c2)C[C@@H]1CCO. The number of aliphatic hydroxyl groups excluding tert-OH is 1. The maximum Gasteiger partial charge on any atom is 0.120 e. The van der Waals surface area contributed by atoms with Crippen molar-refractivity contribution in [3.63, 3.8) is 0 Å². The Morgan fingerprint density at radius 2 is 2.04 bits per heavy atom. The molecule has 23 heavy (non-hydrogen) atoms. The highest BCUT2D eigenvalue weighted by Gasteiger charge is 2.24. The topological polar surface area (TPSA) is 35.9 Å². The van der Waals surface area contributed by atoms with Crippen LogP contribution in [0.1, 0.15) is 37.7 Å². The fraction of sp³-hybridized carbons (Fsp3) is 0.684. The van der Waals surface area contributed by atoms with Gasteiger partial charge in [0.1, 0.15) is 5.75 Å². The number of piperazine rings is 1. The quantitative estimate of drug-likeness (QED) is 0.874. The fourth-order valence-corrected chi connectivity index (χ4v) is 3.79. The first-order valence-electron chi connectivity index (χ1n) is 9.03. The molecule has 0 radical (unpaired) electrons. The van der Waals surface area contributed by atoms with E-state index in [1.165, 1.54) is 31.2 Å². The van der Waals surface area contributed by atoms with E-state index in [-0.39, 0.29) is 6.61 Å². The first-order valence-corrected chi connectivity index (χ1v) is 9.03. The standard InChI is InChI=1S/C19H30N2O2/c1-20-10-11-21(15-17(20)9-12-22)14-16-5-4-8-19(13-16)23-18-6-2-3-7-18/h4-5,8,13,17-18,22H,2-3,6-7,9-12,14-15H2,1H3/t17-/m0/s1. The third kappa shape index (κ3) is 4.69. The molecule has 3 rings (SSSR count). The lowest BCUT2D eigenvalue weighted by Gasteiger charge is -2.39. The predicted molar refractivity (Wildman–Crippen MR) is 92.7 cm³/mol. The van der Waals surface area contributed by atoms with Gasteiger partial charge in [-0.05, 0) is 56.8 Å². The Kier molecular flexibility index (Phi) is 5.92. The Labute approximate surface area is 140 Å². The minimum atomic E-state index is 0.271. The molecule has 1 heterocycles. The van der Waals surface area contributed by atoms with Crippen molar-refractivity contribution in [1.82, 2.24) is 9.80 Å². The molecule has 1 aliphatic carbocycles. The van der Waals surface area contributed by atoms with Gasteiger partial charge >= 0.3 is 0 Å². The smallest absolute Gasteiger partial charge is 0.120 e. The van der Waals surface area contributed by atoms with Crippen LogP contribution in [0.25, 0.3) is 0 Å². The lowest BCUT2D eigenvalue weighted by Crippen LogP contribution is -2.51. The van der Waals surface area contributed by atoms with E-state index in [4.69, 9.17) is 4.74 Å². The summed E-state index contributed by atoms with van der Waals surface area (Å²) in [6.45, 7) is 4.44. The second-order valence-electron chi connectivity index (χ2n) is 7.05. The molecular weight excluding hydrogens is 288 g/mol. The van der Waals surface area contributed by atoms with Gasteiger partial charge in [-0.15, -0.1) is 0 Å². The summed E-state index contributed by atoms with van der Waals surface area (Å²) in [7, 11) is 2.16. The molecule has 2 aliphatic rings. The third-order valence-corrected chi connectivity index (χ3v) is 5.23. The number of ether oxygens (including phenoxy) is 1. The number of nitrogens with zero attached hydrogens (tertiary/aromatic N) is 2. The first-order chi connectivity index (χ1) is 11.2. The number of hydrogen-bond acceptors (Lipinski definition) is 4. The fourth-order valence-electron chi connectivity index (χ4n) is 3.79. The van der Waals surface area contributed by atoms with E-state index in [0.717, 1.165) is 38.3 Å². The average Bonchev–Trinajstić information content (AvgIpc) is 3.04. The van der Waals surface area contributed by atoms with E-state index < -0.39 is 0 Å². The Bertz CT molecular complexity index is 488. The van der Waals surface area contributed by atoms with Gasteiger partial charge in [0.2, 0.25) is 0 Å². The lowest BCUT2D eigenvalue weighted by atomic mass is 10.1. The van der Waals surface area contributed by atoms with Gasteiger partial charge in [-0.2, -0.15) is 0 Å². The van der Waals surface area contributed by atoms with Crippen molar-refractivity contribution in [2.24, 2.45) is 0 Å². The molecule has 0 aromatic heterocycles. The minimum Gasteiger partial charge on any atom is -0.490 e. The van der Waals surface area contributed by atoms with E-state index in [1.807, 2.05) is 0 Å². The van der Waals surface area contributed by atoms with Gasteiger partial charge in [0.25, 0.3) is 0 Å². The number of likely N-dealkylation sites (N-methyl/N-ethyl adjacent to an activating group) is 1. The van der Waals surface area contributed by atoms with Crippen LogP contribution in [0, 0.1) is 0 Å². The molecule has 4 nitrogen and oxygen atoms in total. The molecule has 1 saturated heterocycles. The summed E-state index contributed by atoms with van der Waals surface area (Å²) in [6, 6.07) is 9.06. The molecule has 1 N–H and O–H groups in total. The van der Waals surface area contributed by atoms with E-state index in [1.54, 1.807) is 0 Å². The number of hydrogen-bond donors (Lipinski definition) is 1. The zero-order chi connectivity index (χ0) is 16.1. The van der Waals surface area contributed by atoms with Crippen molar-refractivity contribution in [2.75, 3.05) is 33.3 Å². The summed E-state index contributed by atoms with van der Waals surface area (Å²) < 4.78 is 6.12. The van der Waals surface area contributed by atoms with Gasteiger partial charge in [-0.3, -0.25) is 4.90 Å². The Balaban J connectivity index is 1.56. The van der Waals surface area contributed by atoms with E-state index in [9.17, 15) is 5.11 Å².